The molecular weight excluding hydrogens is 266 g/mol. The number of fused-ring (bicyclic) bond motifs is 1. The number of carbonyl (C=O) groups excluding carboxylic acids is 3. The zero-order valence-corrected chi connectivity index (χ0v) is 11.4. The minimum absolute atomic E-state index is 0.135. The molecule has 0 aliphatic carbocycles. The molecule has 2 rings (SSSR count). The Morgan fingerprint density at radius 3 is 2.68 bits per heavy atom. The SMILES string of the molecule is CC(=O)CCCCN1C(=O)C(=O)c2cc(Cl)ccc21. The summed E-state index contributed by atoms with van der Waals surface area (Å²) in [5, 5.41) is 0.443. The first-order chi connectivity index (χ1) is 9.00. The Labute approximate surface area is 116 Å². The molecule has 1 aliphatic rings. The van der Waals surface area contributed by atoms with Gasteiger partial charge in [-0.3, -0.25) is 9.59 Å². The number of hydrogen-bond acceptors (Lipinski definition) is 3. The Hall–Kier alpha value is -1.68. The van der Waals surface area contributed by atoms with Crippen LogP contribution in [-0.4, -0.2) is 24.0 Å². The maximum absolute atomic E-state index is 11.9. The minimum Gasteiger partial charge on any atom is -0.305 e. The lowest BCUT2D eigenvalue weighted by atomic mass is 10.1. The zero-order valence-electron chi connectivity index (χ0n) is 10.6. The fraction of sp³-hybridized carbons (Fsp3) is 0.357. The second kappa shape index (κ2) is 5.53. The number of carbonyl (C=O) groups is 3. The largest absolute Gasteiger partial charge is 0.305 e. The molecule has 5 heteroatoms. The summed E-state index contributed by atoms with van der Waals surface area (Å²) in [6.07, 6.45) is 1.92. The van der Waals surface area contributed by atoms with Crippen molar-refractivity contribution in [3.05, 3.63) is 28.8 Å². The molecule has 0 bridgehead atoms. The standard InChI is InChI=1S/C14H14ClNO3/c1-9(17)4-2-3-7-16-12-6-5-10(15)8-11(12)13(18)14(16)19/h5-6,8H,2-4,7H2,1H3. The van der Waals surface area contributed by atoms with E-state index in [1.807, 2.05) is 0 Å². The molecular formula is C14H14ClNO3. The van der Waals surface area contributed by atoms with Gasteiger partial charge < -0.3 is 9.69 Å². The first-order valence-corrected chi connectivity index (χ1v) is 6.53. The number of hydrogen-bond donors (Lipinski definition) is 0. The van der Waals surface area contributed by atoms with E-state index in [4.69, 9.17) is 11.6 Å². The summed E-state index contributed by atoms with van der Waals surface area (Å²) < 4.78 is 0. The normalized spacial score (nSPS) is 13.9. The first kappa shape index (κ1) is 13.7. The third-order valence-electron chi connectivity index (χ3n) is 3.09. The third kappa shape index (κ3) is 2.84. The van der Waals surface area contributed by atoms with Crippen molar-refractivity contribution < 1.29 is 14.4 Å². The molecule has 0 radical (unpaired) electrons. The van der Waals surface area contributed by atoms with E-state index in [1.54, 1.807) is 19.1 Å². The molecule has 0 atom stereocenters. The minimum atomic E-state index is -0.514. The van der Waals surface area contributed by atoms with Crippen LogP contribution < -0.4 is 4.90 Å². The van der Waals surface area contributed by atoms with Gasteiger partial charge in [-0.15, -0.1) is 0 Å². The van der Waals surface area contributed by atoms with E-state index in [9.17, 15) is 14.4 Å². The van der Waals surface area contributed by atoms with Crippen LogP contribution in [-0.2, 0) is 9.59 Å². The van der Waals surface area contributed by atoms with E-state index < -0.39 is 11.7 Å². The molecule has 0 unspecified atom stereocenters. The molecule has 0 aromatic heterocycles. The highest BCUT2D eigenvalue weighted by Gasteiger charge is 2.35. The molecule has 1 aliphatic heterocycles. The molecule has 0 spiro atoms. The fourth-order valence-electron chi connectivity index (χ4n) is 2.14. The second-order valence-electron chi connectivity index (χ2n) is 4.61. The summed E-state index contributed by atoms with van der Waals surface area (Å²) in [7, 11) is 0. The maximum Gasteiger partial charge on any atom is 0.299 e. The molecule has 1 amide bonds. The molecule has 1 aromatic rings. The number of halogens is 1. The van der Waals surface area contributed by atoms with Gasteiger partial charge in [0.05, 0.1) is 11.3 Å². The summed E-state index contributed by atoms with van der Waals surface area (Å²) in [5.41, 5.74) is 0.978. The molecule has 0 N–H and O–H groups in total. The number of nitrogens with zero attached hydrogens (tertiary/aromatic N) is 1. The quantitative estimate of drug-likeness (QED) is 0.615. The first-order valence-electron chi connectivity index (χ1n) is 6.16. The van der Waals surface area contributed by atoms with Gasteiger partial charge in [0.2, 0.25) is 0 Å². The van der Waals surface area contributed by atoms with E-state index in [1.165, 1.54) is 11.0 Å². The lowest BCUT2D eigenvalue weighted by Gasteiger charge is -2.16. The van der Waals surface area contributed by atoms with Gasteiger partial charge in [-0.05, 0) is 38.0 Å². The van der Waals surface area contributed by atoms with Gasteiger partial charge >= 0.3 is 0 Å². The van der Waals surface area contributed by atoms with Crippen LogP contribution in [0.4, 0.5) is 5.69 Å². The average Bonchev–Trinajstić information content (AvgIpc) is 2.59. The lowest BCUT2D eigenvalue weighted by molar-refractivity contribution is -0.117. The Morgan fingerprint density at radius 2 is 2.00 bits per heavy atom. The van der Waals surface area contributed by atoms with Crippen molar-refractivity contribution >= 4 is 34.8 Å². The Bertz CT molecular complexity index is 554. The van der Waals surface area contributed by atoms with Crippen LogP contribution in [0.2, 0.25) is 5.02 Å². The number of benzene rings is 1. The summed E-state index contributed by atoms with van der Waals surface area (Å²) in [6.45, 7) is 1.99. The summed E-state index contributed by atoms with van der Waals surface area (Å²) >= 11 is 5.83. The third-order valence-corrected chi connectivity index (χ3v) is 3.33. The van der Waals surface area contributed by atoms with Crippen molar-refractivity contribution in [2.45, 2.75) is 26.2 Å². The molecule has 4 nitrogen and oxygen atoms in total. The molecule has 0 fully saturated rings. The van der Waals surface area contributed by atoms with Gasteiger partial charge in [0, 0.05) is 18.0 Å². The van der Waals surface area contributed by atoms with Gasteiger partial charge in [-0.1, -0.05) is 11.6 Å². The fourth-order valence-corrected chi connectivity index (χ4v) is 2.31. The predicted octanol–water partition coefficient (Wildman–Crippen LogP) is 2.63. The van der Waals surface area contributed by atoms with Crippen molar-refractivity contribution in [1.82, 2.24) is 0 Å². The van der Waals surface area contributed by atoms with Crippen LogP contribution in [0.5, 0.6) is 0 Å². The van der Waals surface area contributed by atoms with E-state index in [0.717, 1.165) is 6.42 Å². The van der Waals surface area contributed by atoms with E-state index in [2.05, 4.69) is 0 Å². The van der Waals surface area contributed by atoms with Gasteiger partial charge in [-0.2, -0.15) is 0 Å². The number of amides is 1. The highest BCUT2D eigenvalue weighted by molar-refractivity contribution is 6.52. The van der Waals surface area contributed by atoms with Gasteiger partial charge in [0.25, 0.3) is 11.7 Å². The number of unbranched alkanes of at least 4 members (excludes halogenated alkanes) is 1. The van der Waals surface area contributed by atoms with Crippen LogP contribution >= 0.6 is 11.6 Å². The highest BCUT2D eigenvalue weighted by Crippen LogP contribution is 2.31. The van der Waals surface area contributed by atoms with E-state index in [-0.39, 0.29) is 5.78 Å². The molecule has 1 heterocycles. The second-order valence-corrected chi connectivity index (χ2v) is 5.04. The van der Waals surface area contributed by atoms with Crippen LogP contribution in [0.3, 0.4) is 0 Å². The van der Waals surface area contributed by atoms with Crippen molar-refractivity contribution in [2.75, 3.05) is 11.4 Å². The molecule has 0 saturated heterocycles. The molecule has 0 saturated carbocycles. The number of Topliss-reactive ketones (excluding diaryl/α,β-unsaturated/α-hetero) is 2. The Morgan fingerprint density at radius 1 is 1.26 bits per heavy atom. The van der Waals surface area contributed by atoms with Gasteiger partial charge in [0.1, 0.15) is 5.78 Å². The van der Waals surface area contributed by atoms with Crippen molar-refractivity contribution in [3.8, 4) is 0 Å². The van der Waals surface area contributed by atoms with E-state index in [0.29, 0.717) is 35.7 Å². The summed E-state index contributed by atoms with van der Waals surface area (Å²) in [4.78, 5) is 36.0. The molecule has 19 heavy (non-hydrogen) atoms. The summed E-state index contributed by atoms with van der Waals surface area (Å²) in [5.74, 6) is -0.889. The van der Waals surface area contributed by atoms with Crippen molar-refractivity contribution in [2.24, 2.45) is 0 Å². The van der Waals surface area contributed by atoms with Crippen molar-refractivity contribution in [3.63, 3.8) is 0 Å². The average molecular weight is 280 g/mol. The van der Waals surface area contributed by atoms with Gasteiger partial charge in [0.15, 0.2) is 0 Å². The molecule has 100 valence electrons. The van der Waals surface area contributed by atoms with Crippen LogP contribution in [0, 0.1) is 0 Å². The zero-order chi connectivity index (χ0) is 14.0. The predicted molar refractivity (Wildman–Crippen MR) is 72.7 cm³/mol. The number of rotatable bonds is 5. The van der Waals surface area contributed by atoms with Crippen LogP contribution in [0.25, 0.3) is 0 Å². The Balaban J connectivity index is 2.08. The smallest absolute Gasteiger partial charge is 0.299 e. The van der Waals surface area contributed by atoms with Gasteiger partial charge in [-0.25, -0.2) is 0 Å². The number of ketones is 2. The van der Waals surface area contributed by atoms with Crippen LogP contribution in [0.15, 0.2) is 18.2 Å². The lowest BCUT2D eigenvalue weighted by Crippen LogP contribution is -2.30. The number of anilines is 1. The van der Waals surface area contributed by atoms with E-state index >= 15 is 0 Å². The summed E-state index contributed by atoms with van der Waals surface area (Å²) in [6, 6.07) is 4.87. The molecule has 1 aromatic carbocycles. The highest BCUT2D eigenvalue weighted by atomic mass is 35.5. The van der Waals surface area contributed by atoms with Crippen molar-refractivity contribution in [1.29, 1.82) is 0 Å². The maximum atomic E-state index is 11.9. The monoisotopic (exact) mass is 279 g/mol. The Kier molecular flexibility index (Phi) is 4.00. The topological polar surface area (TPSA) is 54.5 Å². The van der Waals surface area contributed by atoms with Crippen LogP contribution in [0.1, 0.15) is 36.5 Å².